The lowest BCUT2D eigenvalue weighted by atomic mass is 9.75. The average molecular weight is 227 g/mol. The molecule has 2 atom stereocenters. The minimum absolute atomic E-state index is 0.504. The maximum Gasteiger partial charge on any atom is 0.0618 e. The zero-order valence-electron chi connectivity index (χ0n) is 11.7. The fourth-order valence-corrected chi connectivity index (χ4v) is 2.76. The monoisotopic (exact) mass is 227 g/mol. The van der Waals surface area contributed by atoms with Gasteiger partial charge in [0, 0.05) is 19.2 Å². The van der Waals surface area contributed by atoms with Gasteiger partial charge in [-0.05, 0) is 30.6 Å². The Bertz CT molecular complexity index is 201. The van der Waals surface area contributed by atoms with Crippen LogP contribution in [0.2, 0.25) is 0 Å². The Kier molecular flexibility index (Phi) is 5.26. The number of rotatable bonds is 5. The summed E-state index contributed by atoms with van der Waals surface area (Å²) in [6, 6.07) is 1.19. The van der Waals surface area contributed by atoms with Gasteiger partial charge in [0.1, 0.15) is 0 Å². The second-order valence-electron chi connectivity index (χ2n) is 6.43. The van der Waals surface area contributed by atoms with E-state index in [0.29, 0.717) is 23.4 Å². The zero-order valence-corrected chi connectivity index (χ0v) is 11.7. The van der Waals surface area contributed by atoms with E-state index in [9.17, 15) is 0 Å². The van der Waals surface area contributed by atoms with Gasteiger partial charge in [0.05, 0.1) is 6.61 Å². The van der Waals surface area contributed by atoms with E-state index in [1.165, 1.54) is 25.7 Å². The molecule has 0 spiro atoms. The van der Waals surface area contributed by atoms with Crippen LogP contribution >= 0.6 is 0 Å². The van der Waals surface area contributed by atoms with Crippen LogP contribution in [0.3, 0.4) is 0 Å². The van der Waals surface area contributed by atoms with Crippen LogP contribution in [-0.2, 0) is 4.74 Å². The molecule has 0 bridgehead atoms. The zero-order chi connectivity index (χ0) is 12.2. The van der Waals surface area contributed by atoms with Crippen molar-refractivity contribution in [2.45, 2.75) is 65.5 Å². The molecule has 1 rings (SSSR count). The molecule has 0 aromatic rings. The Labute approximate surface area is 101 Å². The van der Waals surface area contributed by atoms with Gasteiger partial charge < -0.3 is 10.1 Å². The average Bonchev–Trinajstić information content (AvgIpc) is 2.15. The minimum atomic E-state index is 0.504. The van der Waals surface area contributed by atoms with Crippen LogP contribution in [-0.4, -0.2) is 25.8 Å². The van der Waals surface area contributed by atoms with Gasteiger partial charge in [-0.15, -0.1) is 0 Å². The Morgan fingerprint density at radius 2 is 2.06 bits per heavy atom. The first-order valence-electron chi connectivity index (χ1n) is 6.69. The Balaban J connectivity index is 2.44. The molecule has 0 radical (unpaired) electrons. The SMILES string of the molecule is COCC(NC1CCCC(C)(C)C1)C(C)C. The minimum Gasteiger partial charge on any atom is -0.383 e. The smallest absolute Gasteiger partial charge is 0.0618 e. The van der Waals surface area contributed by atoms with Crippen molar-refractivity contribution in [3.05, 3.63) is 0 Å². The van der Waals surface area contributed by atoms with Gasteiger partial charge in [0.25, 0.3) is 0 Å². The predicted molar refractivity (Wildman–Crippen MR) is 69.7 cm³/mol. The van der Waals surface area contributed by atoms with Gasteiger partial charge >= 0.3 is 0 Å². The second kappa shape index (κ2) is 6.02. The summed E-state index contributed by atoms with van der Waals surface area (Å²) in [5, 5.41) is 3.79. The van der Waals surface area contributed by atoms with E-state index in [4.69, 9.17) is 4.74 Å². The molecule has 0 amide bonds. The van der Waals surface area contributed by atoms with Crippen molar-refractivity contribution in [3.63, 3.8) is 0 Å². The van der Waals surface area contributed by atoms with Gasteiger partial charge in [0.15, 0.2) is 0 Å². The van der Waals surface area contributed by atoms with E-state index >= 15 is 0 Å². The second-order valence-corrected chi connectivity index (χ2v) is 6.43. The number of hydrogen-bond acceptors (Lipinski definition) is 2. The summed E-state index contributed by atoms with van der Waals surface area (Å²) < 4.78 is 5.30. The summed E-state index contributed by atoms with van der Waals surface area (Å²) in [6.45, 7) is 10.1. The topological polar surface area (TPSA) is 21.3 Å². The van der Waals surface area contributed by atoms with Crippen molar-refractivity contribution in [3.8, 4) is 0 Å². The molecule has 0 aromatic heterocycles. The van der Waals surface area contributed by atoms with E-state index in [-0.39, 0.29) is 0 Å². The number of ether oxygens (including phenoxy) is 1. The van der Waals surface area contributed by atoms with E-state index < -0.39 is 0 Å². The molecule has 96 valence electrons. The van der Waals surface area contributed by atoms with Crippen molar-refractivity contribution >= 4 is 0 Å². The van der Waals surface area contributed by atoms with Crippen molar-refractivity contribution < 1.29 is 4.74 Å². The van der Waals surface area contributed by atoms with Crippen LogP contribution < -0.4 is 5.32 Å². The number of nitrogens with one attached hydrogen (secondary N) is 1. The Morgan fingerprint density at radius 1 is 1.38 bits per heavy atom. The normalized spacial score (nSPS) is 27.0. The van der Waals surface area contributed by atoms with Crippen molar-refractivity contribution in [1.82, 2.24) is 5.32 Å². The molecular weight excluding hydrogens is 198 g/mol. The van der Waals surface area contributed by atoms with Gasteiger partial charge in [0.2, 0.25) is 0 Å². The van der Waals surface area contributed by atoms with Crippen molar-refractivity contribution in [1.29, 1.82) is 0 Å². The highest BCUT2D eigenvalue weighted by molar-refractivity contribution is 4.86. The molecule has 1 saturated carbocycles. The molecule has 0 saturated heterocycles. The maximum atomic E-state index is 5.30. The lowest BCUT2D eigenvalue weighted by Gasteiger charge is -2.38. The van der Waals surface area contributed by atoms with Crippen LogP contribution in [0.4, 0.5) is 0 Å². The van der Waals surface area contributed by atoms with Crippen molar-refractivity contribution in [2.75, 3.05) is 13.7 Å². The first-order valence-corrected chi connectivity index (χ1v) is 6.69. The standard InChI is InChI=1S/C14H29NO/c1-11(2)13(10-16-5)15-12-7-6-8-14(3,4)9-12/h11-13,15H,6-10H2,1-5H3. The summed E-state index contributed by atoms with van der Waals surface area (Å²) in [5.41, 5.74) is 0.518. The fraction of sp³-hybridized carbons (Fsp3) is 1.00. The first-order chi connectivity index (χ1) is 7.44. The highest BCUT2D eigenvalue weighted by Crippen LogP contribution is 2.35. The third-order valence-corrected chi connectivity index (χ3v) is 3.81. The molecular formula is C14H29NO. The molecule has 0 heterocycles. The molecule has 1 N–H and O–H groups in total. The van der Waals surface area contributed by atoms with Gasteiger partial charge in [-0.2, -0.15) is 0 Å². The molecule has 1 aliphatic rings. The summed E-state index contributed by atoms with van der Waals surface area (Å²) in [6.07, 6.45) is 5.38. The number of methoxy groups -OCH3 is 1. The lowest BCUT2D eigenvalue weighted by molar-refractivity contribution is 0.119. The Hall–Kier alpha value is -0.0800. The lowest BCUT2D eigenvalue weighted by Crippen LogP contribution is -2.47. The summed E-state index contributed by atoms with van der Waals surface area (Å²) in [4.78, 5) is 0. The van der Waals surface area contributed by atoms with Gasteiger partial charge in [-0.1, -0.05) is 34.1 Å². The molecule has 1 aliphatic carbocycles. The largest absolute Gasteiger partial charge is 0.383 e. The molecule has 2 nitrogen and oxygen atoms in total. The van der Waals surface area contributed by atoms with E-state index in [0.717, 1.165) is 6.61 Å². The molecule has 16 heavy (non-hydrogen) atoms. The fourth-order valence-electron chi connectivity index (χ4n) is 2.76. The van der Waals surface area contributed by atoms with E-state index in [1.807, 2.05) is 0 Å². The highest BCUT2D eigenvalue weighted by Gasteiger charge is 2.29. The highest BCUT2D eigenvalue weighted by atomic mass is 16.5. The molecule has 0 aromatic carbocycles. The van der Waals surface area contributed by atoms with Gasteiger partial charge in [-0.25, -0.2) is 0 Å². The van der Waals surface area contributed by atoms with Crippen LogP contribution in [0.5, 0.6) is 0 Å². The molecule has 0 aliphatic heterocycles. The third-order valence-electron chi connectivity index (χ3n) is 3.81. The quantitative estimate of drug-likeness (QED) is 0.778. The maximum absolute atomic E-state index is 5.30. The van der Waals surface area contributed by atoms with Gasteiger partial charge in [-0.3, -0.25) is 0 Å². The predicted octanol–water partition coefficient (Wildman–Crippen LogP) is 3.22. The summed E-state index contributed by atoms with van der Waals surface area (Å²) in [7, 11) is 1.79. The van der Waals surface area contributed by atoms with Crippen molar-refractivity contribution in [2.24, 2.45) is 11.3 Å². The molecule has 2 unspecified atom stereocenters. The third kappa shape index (κ3) is 4.42. The van der Waals surface area contributed by atoms with Crippen LogP contribution in [0.15, 0.2) is 0 Å². The van der Waals surface area contributed by atoms with Crippen LogP contribution in [0, 0.1) is 11.3 Å². The summed E-state index contributed by atoms with van der Waals surface area (Å²) >= 11 is 0. The first kappa shape index (κ1) is 14.0. The summed E-state index contributed by atoms with van der Waals surface area (Å²) in [5.74, 6) is 0.644. The van der Waals surface area contributed by atoms with Crippen LogP contribution in [0.1, 0.15) is 53.4 Å². The van der Waals surface area contributed by atoms with E-state index in [1.54, 1.807) is 7.11 Å². The molecule has 2 heteroatoms. The molecule has 1 fully saturated rings. The van der Waals surface area contributed by atoms with Crippen LogP contribution in [0.25, 0.3) is 0 Å². The Morgan fingerprint density at radius 3 is 2.56 bits per heavy atom. The number of hydrogen-bond donors (Lipinski definition) is 1. The van der Waals surface area contributed by atoms with E-state index in [2.05, 4.69) is 33.0 Å².